The van der Waals surface area contributed by atoms with Gasteiger partial charge in [-0.2, -0.15) is 0 Å². The first-order chi connectivity index (χ1) is 10.0. The van der Waals surface area contributed by atoms with Crippen LogP contribution in [0.25, 0.3) is 0 Å². The van der Waals surface area contributed by atoms with Gasteiger partial charge in [0, 0.05) is 6.42 Å². The van der Waals surface area contributed by atoms with Crippen LogP contribution in [-0.4, -0.2) is 16.7 Å². The molecule has 1 N–H and O–H groups in total. The normalized spacial score (nSPS) is 16.1. The second kappa shape index (κ2) is 5.45. The second-order valence-corrected chi connectivity index (χ2v) is 5.68. The fraction of sp³-hybridized carbons (Fsp3) is 0.353. The molecule has 2 aromatic rings. The number of hydrogen-bond acceptors (Lipinski definition) is 3. The topological polar surface area (TPSA) is 42.4 Å². The fourth-order valence-corrected chi connectivity index (χ4v) is 2.61. The third kappa shape index (κ3) is 3.05. The Morgan fingerprint density at radius 3 is 2.95 bits per heavy atom. The number of halogens is 1. The highest BCUT2D eigenvalue weighted by molar-refractivity contribution is 5.39. The summed E-state index contributed by atoms with van der Waals surface area (Å²) in [4.78, 5) is 3.98. The molecule has 0 fully saturated rings. The molecule has 110 valence electrons. The van der Waals surface area contributed by atoms with Gasteiger partial charge in [-0.15, -0.1) is 0 Å². The number of hydrogen-bond donors (Lipinski definition) is 1. The van der Waals surface area contributed by atoms with Crippen molar-refractivity contribution in [3.8, 4) is 5.75 Å². The minimum Gasteiger partial charge on any atom is -0.493 e. The zero-order valence-corrected chi connectivity index (χ0v) is 12.0. The van der Waals surface area contributed by atoms with Crippen LogP contribution in [0.3, 0.4) is 0 Å². The molecule has 0 saturated carbocycles. The molecule has 0 spiro atoms. The van der Waals surface area contributed by atoms with Crippen molar-refractivity contribution in [2.24, 2.45) is 0 Å². The molecule has 1 aromatic carbocycles. The lowest BCUT2D eigenvalue weighted by atomic mass is 9.92. The number of nitrogens with zero attached hydrogens (tertiary/aromatic N) is 1. The van der Waals surface area contributed by atoms with Gasteiger partial charge in [0.1, 0.15) is 17.2 Å². The maximum atomic E-state index is 12.9. The highest BCUT2D eigenvalue weighted by atomic mass is 19.1. The van der Waals surface area contributed by atoms with Crippen molar-refractivity contribution < 1.29 is 14.2 Å². The lowest BCUT2D eigenvalue weighted by molar-refractivity contribution is 0.0434. The smallest absolute Gasteiger partial charge is 0.141 e. The molecule has 0 saturated heterocycles. The molecule has 1 aromatic heterocycles. The number of rotatable bonds is 4. The predicted molar refractivity (Wildman–Crippen MR) is 77.7 cm³/mol. The van der Waals surface area contributed by atoms with E-state index in [0.717, 1.165) is 31.4 Å². The van der Waals surface area contributed by atoms with E-state index < -0.39 is 11.4 Å². The highest BCUT2D eigenvalue weighted by Gasteiger charge is 2.24. The van der Waals surface area contributed by atoms with Crippen molar-refractivity contribution in [2.45, 2.75) is 31.8 Å². The van der Waals surface area contributed by atoms with E-state index in [1.54, 1.807) is 6.92 Å². The van der Waals surface area contributed by atoms with E-state index in [1.807, 2.05) is 12.1 Å². The van der Waals surface area contributed by atoms with Gasteiger partial charge >= 0.3 is 0 Å². The molecule has 3 rings (SSSR count). The van der Waals surface area contributed by atoms with Crippen LogP contribution in [0, 0.1) is 5.82 Å². The van der Waals surface area contributed by atoms with Gasteiger partial charge in [-0.05, 0) is 49.1 Å². The number of aryl methyl sites for hydroxylation is 1. The van der Waals surface area contributed by atoms with Crippen LogP contribution >= 0.6 is 0 Å². The second-order valence-electron chi connectivity index (χ2n) is 5.68. The first-order valence-corrected chi connectivity index (χ1v) is 7.14. The Balaban J connectivity index is 1.70. The molecule has 2 heterocycles. The van der Waals surface area contributed by atoms with Crippen LogP contribution in [-0.2, 0) is 18.4 Å². The molecule has 0 radical (unpaired) electrons. The maximum Gasteiger partial charge on any atom is 0.141 e. The van der Waals surface area contributed by atoms with Gasteiger partial charge in [0.15, 0.2) is 0 Å². The largest absolute Gasteiger partial charge is 0.493 e. The monoisotopic (exact) mass is 287 g/mol. The number of ether oxygens (including phenoxy) is 1. The van der Waals surface area contributed by atoms with E-state index in [2.05, 4.69) is 11.1 Å². The summed E-state index contributed by atoms with van der Waals surface area (Å²) in [7, 11) is 0. The number of pyridine rings is 1. The number of aliphatic hydroxyl groups is 1. The van der Waals surface area contributed by atoms with Gasteiger partial charge in [0.25, 0.3) is 0 Å². The Morgan fingerprint density at radius 1 is 1.33 bits per heavy atom. The fourth-order valence-electron chi connectivity index (χ4n) is 2.61. The van der Waals surface area contributed by atoms with Crippen LogP contribution in [0.1, 0.15) is 30.2 Å². The molecule has 3 nitrogen and oxygen atoms in total. The average Bonchev–Trinajstić information content (AvgIpc) is 2.93. The third-order valence-corrected chi connectivity index (χ3v) is 3.93. The molecule has 0 amide bonds. The lowest BCUT2D eigenvalue weighted by Crippen LogP contribution is -2.23. The van der Waals surface area contributed by atoms with Crippen LogP contribution < -0.4 is 4.74 Å². The summed E-state index contributed by atoms with van der Waals surface area (Å²) < 4.78 is 18.4. The third-order valence-electron chi connectivity index (χ3n) is 3.93. The van der Waals surface area contributed by atoms with E-state index in [1.165, 1.54) is 23.3 Å². The molecular weight excluding hydrogens is 269 g/mol. The number of benzene rings is 1. The quantitative estimate of drug-likeness (QED) is 0.940. The van der Waals surface area contributed by atoms with Crippen molar-refractivity contribution in [3.63, 3.8) is 0 Å². The molecule has 21 heavy (non-hydrogen) atoms. The van der Waals surface area contributed by atoms with Crippen LogP contribution in [0.15, 0.2) is 36.5 Å². The number of aromatic nitrogens is 1. The standard InChI is InChI=1S/C17H18FNO2/c1-17(20,16-5-3-14(18)11-19-16)8-6-12-2-4-15-13(10-12)7-9-21-15/h2-5,10-11,20H,6-9H2,1H3. The highest BCUT2D eigenvalue weighted by Crippen LogP contribution is 2.29. The lowest BCUT2D eigenvalue weighted by Gasteiger charge is -2.22. The van der Waals surface area contributed by atoms with Crippen molar-refractivity contribution in [1.82, 2.24) is 4.98 Å². The summed E-state index contributed by atoms with van der Waals surface area (Å²) in [6.45, 7) is 2.46. The molecule has 1 aliphatic heterocycles. The van der Waals surface area contributed by atoms with Crippen LogP contribution in [0.4, 0.5) is 4.39 Å². The molecule has 1 unspecified atom stereocenters. The van der Waals surface area contributed by atoms with E-state index in [-0.39, 0.29) is 0 Å². The Bertz CT molecular complexity index is 638. The van der Waals surface area contributed by atoms with Crippen molar-refractivity contribution in [1.29, 1.82) is 0 Å². The van der Waals surface area contributed by atoms with E-state index in [9.17, 15) is 9.50 Å². The van der Waals surface area contributed by atoms with E-state index in [4.69, 9.17) is 4.74 Å². The van der Waals surface area contributed by atoms with Gasteiger partial charge < -0.3 is 9.84 Å². The zero-order chi connectivity index (χ0) is 14.9. The van der Waals surface area contributed by atoms with Crippen molar-refractivity contribution >= 4 is 0 Å². The summed E-state index contributed by atoms with van der Waals surface area (Å²) in [6, 6.07) is 9.01. The summed E-state index contributed by atoms with van der Waals surface area (Å²) >= 11 is 0. The molecule has 1 atom stereocenters. The first kappa shape index (κ1) is 14.0. The van der Waals surface area contributed by atoms with Crippen molar-refractivity contribution in [2.75, 3.05) is 6.61 Å². The van der Waals surface area contributed by atoms with Gasteiger partial charge in [-0.25, -0.2) is 4.39 Å². The Hall–Kier alpha value is -1.94. The Kier molecular flexibility index (Phi) is 3.64. The summed E-state index contributed by atoms with van der Waals surface area (Å²) in [5, 5.41) is 10.5. The van der Waals surface area contributed by atoms with Gasteiger partial charge in [-0.1, -0.05) is 12.1 Å². The summed E-state index contributed by atoms with van der Waals surface area (Å²) in [5.74, 6) is 0.568. The minimum absolute atomic E-state index is 0.395. The van der Waals surface area contributed by atoms with Gasteiger partial charge in [0.2, 0.25) is 0 Å². The summed E-state index contributed by atoms with van der Waals surface area (Å²) in [6.07, 6.45) is 3.35. The SMILES string of the molecule is CC(O)(CCc1ccc2c(c1)CCO2)c1ccc(F)cn1. The van der Waals surface area contributed by atoms with Crippen LogP contribution in [0.2, 0.25) is 0 Å². The first-order valence-electron chi connectivity index (χ1n) is 7.14. The predicted octanol–water partition coefficient (Wildman–Crippen LogP) is 3.00. The molecule has 0 bridgehead atoms. The summed E-state index contributed by atoms with van der Waals surface area (Å²) in [5.41, 5.74) is 1.82. The molecule has 1 aliphatic rings. The maximum absolute atomic E-state index is 12.9. The van der Waals surface area contributed by atoms with Crippen molar-refractivity contribution in [3.05, 3.63) is 59.2 Å². The molecular formula is C17H18FNO2. The van der Waals surface area contributed by atoms with Gasteiger partial charge in [0.05, 0.1) is 18.5 Å². The minimum atomic E-state index is -1.07. The molecule has 4 heteroatoms. The average molecular weight is 287 g/mol. The van der Waals surface area contributed by atoms with E-state index in [0.29, 0.717) is 12.1 Å². The van der Waals surface area contributed by atoms with Crippen LogP contribution in [0.5, 0.6) is 5.75 Å². The zero-order valence-electron chi connectivity index (χ0n) is 12.0. The number of fused-ring (bicyclic) bond motifs is 1. The van der Waals surface area contributed by atoms with E-state index >= 15 is 0 Å². The Morgan fingerprint density at radius 2 is 2.19 bits per heavy atom. The molecule has 0 aliphatic carbocycles. The van der Waals surface area contributed by atoms with Gasteiger partial charge in [-0.3, -0.25) is 4.98 Å². The Labute approximate surface area is 123 Å².